The molecule has 0 saturated carbocycles. The van der Waals surface area contributed by atoms with Crippen LogP contribution in [0.4, 0.5) is 5.69 Å². The molecule has 1 heterocycles. The lowest BCUT2D eigenvalue weighted by molar-refractivity contribution is 0.547. The van der Waals surface area contributed by atoms with Gasteiger partial charge in [-0.25, -0.2) is 4.98 Å². The lowest BCUT2D eigenvalue weighted by Gasteiger charge is -2.16. The van der Waals surface area contributed by atoms with Gasteiger partial charge in [-0.3, -0.25) is 0 Å². The van der Waals surface area contributed by atoms with Crippen LogP contribution in [0.15, 0.2) is 58.6 Å². The molecule has 2 aromatic carbocycles. The average molecular weight is 437 g/mol. The maximum Gasteiger partial charge on any atom is 0.137 e. The molecule has 0 aliphatic rings. The number of likely N-dealkylation sites (N-methyl/N-ethyl adjacent to an activating group) is 1. The molecule has 0 radical (unpaired) electrons. The number of aryl methyl sites for hydroxylation is 1. The summed E-state index contributed by atoms with van der Waals surface area (Å²) < 4.78 is 0. The maximum atomic E-state index is 10.9. The Morgan fingerprint density at radius 1 is 1.13 bits per heavy atom. The molecule has 164 valence electrons. The summed E-state index contributed by atoms with van der Waals surface area (Å²) in [6, 6.07) is 16.5. The molecule has 0 aliphatic carbocycles. The second-order valence-corrected chi connectivity index (χ2v) is 10.0. The zero-order valence-corrected chi connectivity index (χ0v) is 19.8. The largest absolute Gasteiger partial charge is 0.342 e. The third-order valence-electron chi connectivity index (χ3n) is 5.40. The number of benzene rings is 2. The number of aromatic amines is 1. The Labute approximate surface area is 189 Å². The highest BCUT2D eigenvalue weighted by Gasteiger charge is 2.21. The number of rotatable bonds is 9. The van der Waals surface area contributed by atoms with Gasteiger partial charge < -0.3 is 10.3 Å². The van der Waals surface area contributed by atoms with Gasteiger partial charge in [-0.2, -0.15) is 0 Å². The molecule has 3 rings (SSSR count). The monoisotopic (exact) mass is 436 g/mol. The molecule has 0 bridgehead atoms. The first-order valence-corrected chi connectivity index (χ1v) is 11.7. The summed E-state index contributed by atoms with van der Waals surface area (Å²) in [5.74, 6) is 1.86. The molecule has 3 aromatic rings. The Kier molecular flexibility index (Phi) is 7.68. The van der Waals surface area contributed by atoms with E-state index in [0.717, 1.165) is 46.3 Å². The minimum Gasteiger partial charge on any atom is -0.342 e. The van der Waals surface area contributed by atoms with Gasteiger partial charge >= 0.3 is 0 Å². The van der Waals surface area contributed by atoms with Crippen molar-refractivity contribution in [1.82, 2.24) is 15.3 Å². The minimum absolute atomic E-state index is 0.0269. The van der Waals surface area contributed by atoms with Gasteiger partial charge in [-0.15, -0.1) is 16.7 Å². The summed E-state index contributed by atoms with van der Waals surface area (Å²) in [6.07, 6.45) is 1.96. The van der Waals surface area contributed by atoms with E-state index in [1.54, 1.807) is 17.8 Å². The summed E-state index contributed by atoms with van der Waals surface area (Å²) in [5, 5.41) is 6.54. The molecule has 0 saturated heterocycles. The number of hydrogen-bond donors (Lipinski definition) is 2. The molecular formula is C25H32N4OS. The first-order valence-electron chi connectivity index (χ1n) is 10.7. The molecule has 5 nitrogen and oxygen atoms in total. The maximum absolute atomic E-state index is 10.9. The van der Waals surface area contributed by atoms with Crippen molar-refractivity contribution in [1.29, 1.82) is 0 Å². The fraction of sp³-hybridized carbons (Fsp3) is 0.400. The Balaban J connectivity index is 1.60. The van der Waals surface area contributed by atoms with E-state index in [0.29, 0.717) is 11.7 Å². The van der Waals surface area contributed by atoms with Crippen molar-refractivity contribution in [3.63, 3.8) is 0 Å². The predicted octanol–water partition coefficient (Wildman–Crippen LogP) is 6.39. The standard InChI is InChI=1S/C25H32N4OS/c1-17-23(25(2,3)4)28-24(27-17)19-12-10-18(11-13-19)16-20(26-5)14-15-31-22-9-7-6-8-21(22)29-30/h6-13,20,26H,14-16H2,1-5H3,(H,27,28)/t20-/m1/s1. The number of nitroso groups, excluding NO2 is 1. The minimum atomic E-state index is 0.0269. The predicted molar refractivity (Wildman–Crippen MR) is 131 cm³/mol. The van der Waals surface area contributed by atoms with Crippen LogP contribution in [0, 0.1) is 11.8 Å². The van der Waals surface area contributed by atoms with Crippen molar-refractivity contribution < 1.29 is 0 Å². The van der Waals surface area contributed by atoms with E-state index >= 15 is 0 Å². The van der Waals surface area contributed by atoms with Gasteiger partial charge in [-0.1, -0.05) is 57.2 Å². The topological polar surface area (TPSA) is 70.1 Å². The second-order valence-electron chi connectivity index (χ2n) is 8.89. The van der Waals surface area contributed by atoms with E-state index < -0.39 is 0 Å². The van der Waals surface area contributed by atoms with Crippen molar-refractivity contribution in [2.75, 3.05) is 12.8 Å². The SMILES string of the molecule is CN[C@H](CCSc1ccccc1N=O)Cc1ccc(-c2nc(C(C)(C)C)c(C)[nH]2)cc1. The highest BCUT2D eigenvalue weighted by molar-refractivity contribution is 7.99. The van der Waals surface area contributed by atoms with Crippen molar-refractivity contribution >= 4 is 17.4 Å². The zero-order valence-electron chi connectivity index (χ0n) is 19.0. The van der Waals surface area contributed by atoms with E-state index in [2.05, 4.69) is 67.4 Å². The van der Waals surface area contributed by atoms with Crippen molar-refractivity contribution in [2.24, 2.45) is 5.18 Å². The van der Waals surface area contributed by atoms with Gasteiger partial charge in [0.25, 0.3) is 0 Å². The lowest BCUT2D eigenvalue weighted by Crippen LogP contribution is -2.28. The Morgan fingerprint density at radius 2 is 1.84 bits per heavy atom. The number of nitrogens with one attached hydrogen (secondary N) is 2. The molecule has 0 aliphatic heterocycles. The van der Waals surface area contributed by atoms with Crippen molar-refractivity contribution in [3.8, 4) is 11.4 Å². The summed E-state index contributed by atoms with van der Waals surface area (Å²) >= 11 is 1.68. The highest BCUT2D eigenvalue weighted by atomic mass is 32.2. The number of aromatic nitrogens is 2. The van der Waals surface area contributed by atoms with E-state index in [1.165, 1.54) is 5.56 Å². The fourth-order valence-corrected chi connectivity index (χ4v) is 4.78. The second kappa shape index (κ2) is 10.2. The first-order chi connectivity index (χ1) is 14.8. The molecule has 6 heteroatoms. The normalized spacial score (nSPS) is 12.7. The van der Waals surface area contributed by atoms with Gasteiger partial charge in [-0.05, 0) is 55.4 Å². The van der Waals surface area contributed by atoms with Crippen molar-refractivity contribution in [3.05, 3.63) is 70.4 Å². The van der Waals surface area contributed by atoms with Gasteiger partial charge in [0, 0.05) is 27.6 Å². The van der Waals surface area contributed by atoms with Crippen LogP contribution in [0.2, 0.25) is 0 Å². The summed E-state index contributed by atoms with van der Waals surface area (Å²) in [7, 11) is 2.00. The molecule has 1 atom stereocenters. The molecular weight excluding hydrogens is 404 g/mol. The van der Waals surface area contributed by atoms with E-state index in [4.69, 9.17) is 4.98 Å². The number of thioether (sulfide) groups is 1. The van der Waals surface area contributed by atoms with Crippen molar-refractivity contribution in [2.45, 2.75) is 56.9 Å². The average Bonchev–Trinajstić information content (AvgIpc) is 3.16. The van der Waals surface area contributed by atoms with Crippen LogP contribution in [0.1, 0.15) is 44.1 Å². The third-order valence-corrected chi connectivity index (χ3v) is 6.50. The van der Waals surface area contributed by atoms with Gasteiger partial charge in [0.05, 0.1) is 5.69 Å². The number of hydrogen-bond acceptors (Lipinski definition) is 5. The molecule has 1 aromatic heterocycles. The zero-order chi connectivity index (χ0) is 22.4. The molecule has 0 unspecified atom stereocenters. The summed E-state index contributed by atoms with van der Waals surface area (Å²) in [4.78, 5) is 20.2. The van der Waals surface area contributed by atoms with Gasteiger partial charge in [0.1, 0.15) is 11.5 Å². The third kappa shape index (κ3) is 6.05. The van der Waals surface area contributed by atoms with Crippen LogP contribution >= 0.6 is 11.8 Å². The van der Waals surface area contributed by atoms with E-state index in [-0.39, 0.29) is 5.41 Å². The van der Waals surface area contributed by atoms with Crippen LogP contribution in [0.3, 0.4) is 0 Å². The van der Waals surface area contributed by atoms with E-state index in [9.17, 15) is 4.91 Å². The molecule has 31 heavy (non-hydrogen) atoms. The van der Waals surface area contributed by atoms with E-state index in [1.807, 2.05) is 25.2 Å². The smallest absolute Gasteiger partial charge is 0.137 e. The Bertz CT molecular complexity index is 1010. The Hall–Kier alpha value is -2.44. The highest BCUT2D eigenvalue weighted by Crippen LogP contribution is 2.30. The summed E-state index contributed by atoms with van der Waals surface area (Å²) in [6.45, 7) is 8.65. The quantitative estimate of drug-likeness (QED) is 0.301. The molecule has 2 N–H and O–H groups in total. The van der Waals surface area contributed by atoms with Crippen LogP contribution < -0.4 is 5.32 Å². The molecule has 0 spiro atoms. The van der Waals surface area contributed by atoms with Gasteiger partial charge in [0.15, 0.2) is 0 Å². The lowest BCUT2D eigenvalue weighted by atomic mass is 9.91. The Morgan fingerprint density at radius 3 is 2.45 bits per heavy atom. The summed E-state index contributed by atoms with van der Waals surface area (Å²) in [5.41, 5.74) is 5.20. The van der Waals surface area contributed by atoms with Crippen LogP contribution in [0.5, 0.6) is 0 Å². The fourth-order valence-electron chi connectivity index (χ4n) is 3.72. The molecule has 0 fully saturated rings. The number of H-pyrrole nitrogens is 1. The van der Waals surface area contributed by atoms with Crippen LogP contribution in [-0.4, -0.2) is 28.8 Å². The number of imidazole rings is 1. The number of nitrogens with zero attached hydrogens (tertiary/aromatic N) is 2. The van der Waals surface area contributed by atoms with Crippen LogP contribution in [0.25, 0.3) is 11.4 Å². The van der Waals surface area contributed by atoms with Crippen LogP contribution in [-0.2, 0) is 11.8 Å². The molecule has 0 amide bonds. The van der Waals surface area contributed by atoms with Gasteiger partial charge in [0.2, 0.25) is 0 Å². The first kappa shape index (κ1) is 23.2.